The van der Waals surface area contributed by atoms with Gasteiger partial charge in [-0.3, -0.25) is 0 Å². The number of nitriles is 2. The third-order valence-corrected chi connectivity index (χ3v) is 4.20. The Kier molecular flexibility index (Phi) is 3.08. The molecule has 0 atom stereocenters. The molecule has 4 nitrogen and oxygen atoms in total. The molecule has 102 valence electrons. The first-order valence-electron chi connectivity index (χ1n) is 6.41. The Hall–Kier alpha value is -2.30. The maximum atomic E-state index is 10.4. The first kappa shape index (κ1) is 14.1. The number of benzene rings is 1. The number of fused-ring (bicyclic) bond motifs is 1. The summed E-state index contributed by atoms with van der Waals surface area (Å²) >= 11 is 0. The lowest BCUT2D eigenvalue weighted by molar-refractivity contribution is -0.0239. The highest BCUT2D eigenvalue weighted by atomic mass is 16.3. The number of hydrogen-bond acceptors (Lipinski definition) is 3. The fourth-order valence-electron chi connectivity index (χ4n) is 2.21. The predicted molar refractivity (Wildman–Crippen MR) is 77.0 cm³/mol. The van der Waals surface area contributed by atoms with Crippen molar-refractivity contribution in [3.8, 4) is 12.1 Å². The van der Waals surface area contributed by atoms with Crippen molar-refractivity contribution in [1.82, 2.24) is 4.57 Å². The van der Waals surface area contributed by atoms with Crippen LogP contribution in [0.1, 0.15) is 38.8 Å². The Morgan fingerprint density at radius 1 is 1.05 bits per heavy atom. The predicted octanol–water partition coefficient (Wildman–Crippen LogP) is 2.89. The highest BCUT2D eigenvalue weighted by Crippen LogP contribution is 2.34. The maximum absolute atomic E-state index is 10.4. The second-order valence-corrected chi connectivity index (χ2v) is 5.95. The monoisotopic (exact) mass is 267 g/mol. The molecule has 0 amide bonds. The van der Waals surface area contributed by atoms with Gasteiger partial charge in [-0.05, 0) is 45.9 Å². The van der Waals surface area contributed by atoms with Crippen molar-refractivity contribution >= 4 is 10.9 Å². The molecule has 2 aromatic rings. The zero-order valence-corrected chi connectivity index (χ0v) is 12.1. The summed E-state index contributed by atoms with van der Waals surface area (Å²) in [6.45, 7) is 7.40. The van der Waals surface area contributed by atoms with E-state index in [1.54, 1.807) is 19.9 Å². The van der Waals surface area contributed by atoms with E-state index in [2.05, 4.69) is 6.07 Å². The van der Waals surface area contributed by atoms with Gasteiger partial charge in [0.15, 0.2) is 0 Å². The second-order valence-electron chi connectivity index (χ2n) is 5.95. The van der Waals surface area contributed by atoms with Gasteiger partial charge in [0.1, 0.15) is 12.1 Å². The standard InChI is InChI=1S/C16H17N3O/c1-15(2,16(3,4)20)19-8-7-12-13(10-18)11(9-17)5-6-14(12)19/h5-8,20H,1-4H3. The van der Waals surface area contributed by atoms with Crippen molar-refractivity contribution in [3.05, 3.63) is 35.5 Å². The van der Waals surface area contributed by atoms with Crippen LogP contribution in [0.4, 0.5) is 0 Å². The van der Waals surface area contributed by atoms with Crippen LogP contribution in [0, 0.1) is 22.7 Å². The van der Waals surface area contributed by atoms with Crippen LogP contribution in [0.3, 0.4) is 0 Å². The van der Waals surface area contributed by atoms with Gasteiger partial charge < -0.3 is 9.67 Å². The molecule has 0 radical (unpaired) electrons. The van der Waals surface area contributed by atoms with Gasteiger partial charge in [-0.1, -0.05) is 0 Å². The number of aliphatic hydroxyl groups is 1. The first-order chi connectivity index (χ1) is 9.24. The Labute approximate surface area is 118 Å². The molecule has 0 bridgehead atoms. The number of aromatic nitrogens is 1. The van der Waals surface area contributed by atoms with Crippen LogP contribution in [0.2, 0.25) is 0 Å². The van der Waals surface area contributed by atoms with E-state index in [1.807, 2.05) is 42.8 Å². The molecule has 0 saturated carbocycles. The van der Waals surface area contributed by atoms with Gasteiger partial charge in [0.25, 0.3) is 0 Å². The second kappa shape index (κ2) is 4.37. The van der Waals surface area contributed by atoms with Gasteiger partial charge in [-0.2, -0.15) is 10.5 Å². The summed E-state index contributed by atoms with van der Waals surface area (Å²) in [7, 11) is 0. The molecule has 4 heteroatoms. The molecular formula is C16H17N3O. The smallest absolute Gasteiger partial charge is 0.101 e. The lowest BCUT2D eigenvalue weighted by Gasteiger charge is -2.39. The number of nitrogens with zero attached hydrogens (tertiary/aromatic N) is 3. The Bertz CT molecular complexity index is 749. The maximum Gasteiger partial charge on any atom is 0.101 e. The summed E-state index contributed by atoms with van der Waals surface area (Å²) in [6, 6.07) is 9.42. The Morgan fingerprint density at radius 3 is 2.20 bits per heavy atom. The topological polar surface area (TPSA) is 72.7 Å². The lowest BCUT2D eigenvalue weighted by Crippen LogP contribution is -2.46. The van der Waals surface area contributed by atoms with E-state index < -0.39 is 11.1 Å². The van der Waals surface area contributed by atoms with E-state index in [4.69, 9.17) is 5.26 Å². The van der Waals surface area contributed by atoms with Gasteiger partial charge in [-0.25, -0.2) is 0 Å². The molecule has 1 heterocycles. The molecule has 1 aromatic heterocycles. The van der Waals surface area contributed by atoms with Crippen molar-refractivity contribution in [3.63, 3.8) is 0 Å². The van der Waals surface area contributed by atoms with Gasteiger partial charge in [0.05, 0.1) is 27.8 Å². The van der Waals surface area contributed by atoms with Gasteiger partial charge in [0, 0.05) is 11.6 Å². The fourth-order valence-corrected chi connectivity index (χ4v) is 2.21. The van der Waals surface area contributed by atoms with Crippen molar-refractivity contribution in [2.45, 2.75) is 38.8 Å². The molecule has 0 spiro atoms. The summed E-state index contributed by atoms with van der Waals surface area (Å²) in [6.07, 6.45) is 1.85. The molecule has 20 heavy (non-hydrogen) atoms. The highest BCUT2D eigenvalue weighted by molar-refractivity contribution is 5.88. The van der Waals surface area contributed by atoms with Crippen LogP contribution in [0.25, 0.3) is 10.9 Å². The molecule has 0 aliphatic carbocycles. The van der Waals surface area contributed by atoms with E-state index in [9.17, 15) is 10.4 Å². The summed E-state index contributed by atoms with van der Waals surface area (Å²) < 4.78 is 1.95. The van der Waals surface area contributed by atoms with Crippen LogP contribution < -0.4 is 0 Å². The van der Waals surface area contributed by atoms with Crippen LogP contribution in [-0.2, 0) is 5.54 Å². The molecule has 1 aromatic carbocycles. The minimum Gasteiger partial charge on any atom is -0.388 e. The largest absolute Gasteiger partial charge is 0.388 e. The SMILES string of the molecule is CC(C)(O)C(C)(C)n1ccc2c(C#N)c(C#N)ccc21. The highest BCUT2D eigenvalue weighted by Gasteiger charge is 2.37. The van der Waals surface area contributed by atoms with Gasteiger partial charge in [-0.15, -0.1) is 0 Å². The van der Waals surface area contributed by atoms with Crippen LogP contribution >= 0.6 is 0 Å². The summed E-state index contributed by atoms with van der Waals surface area (Å²) in [4.78, 5) is 0. The van der Waals surface area contributed by atoms with Crippen LogP contribution in [0.5, 0.6) is 0 Å². The van der Waals surface area contributed by atoms with E-state index in [0.29, 0.717) is 11.1 Å². The zero-order chi connectivity index (χ0) is 15.1. The average Bonchev–Trinajstić information content (AvgIpc) is 2.80. The molecular weight excluding hydrogens is 250 g/mol. The third-order valence-electron chi connectivity index (χ3n) is 4.20. The molecule has 0 unspecified atom stereocenters. The normalized spacial score (nSPS) is 12.2. The van der Waals surface area contributed by atoms with E-state index >= 15 is 0 Å². The van der Waals surface area contributed by atoms with E-state index in [1.165, 1.54) is 0 Å². The van der Waals surface area contributed by atoms with Crippen LogP contribution in [0.15, 0.2) is 24.4 Å². The molecule has 0 saturated heterocycles. The van der Waals surface area contributed by atoms with Crippen LogP contribution in [-0.4, -0.2) is 15.3 Å². The van der Waals surface area contributed by atoms with Crippen molar-refractivity contribution < 1.29 is 5.11 Å². The molecule has 2 rings (SSSR count). The van der Waals surface area contributed by atoms with E-state index in [-0.39, 0.29) is 0 Å². The summed E-state index contributed by atoms with van der Waals surface area (Å²) in [5.41, 5.74) is 0.122. The Balaban J connectivity index is 2.79. The minimum absolute atomic E-state index is 0.374. The van der Waals surface area contributed by atoms with Crippen molar-refractivity contribution in [2.24, 2.45) is 0 Å². The first-order valence-corrected chi connectivity index (χ1v) is 6.41. The lowest BCUT2D eigenvalue weighted by atomic mass is 9.85. The zero-order valence-electron chi connectivity index (χ0n) is 12.1. The summed E-state index contributed by atoms with van der Waals surface area (Å²) in [5, 5.41) is 29.4. The molecule has 1 N–H and O–H groups in total. The molecule has 0 fully saturated rings. The molecule has 0 aliphatic rings. The average molecular weight is 267 g/mol. The van der Waals surface area contributed by atoms with Crippen molar-refractivity contribution in [1.29, 1.82) is 10.5 Å². The summed E-state index contributed by atoms with van der Waals surface area (Å²) in [5.74, 6) is 0. The fraction of sp³-hybridized carbons (Fsp3) is 0.375. The minimum atomic E-state index is -0.931. The van der Waals surface area contributed by atoms with Gasteiger partial charge >= 0.3 is 0 Å². The number of hydrogen-bond donors (Lipinski definition) is 1. The quantitative estimate of drug-likeness (QED) is 0.909. The van der Waals surface area contributed by atoms with E-state index in [0.717, 1.165) is 10.9 Å². The third kappa shape index (κ3) is 1.86. The number of rotatable bonds is 2. The van der Waals surface area contributed by atoms with Gasteiger partial charge in [0.2, 0.25) is 0 Å². The molecule has 0 aliphatic heterocycles. The Morgan fingerprint density at radius 2 is 1.70 bits per heavy atom. The van der Waals surface area contributed by atoms with Crippen molar-refractivity contribution in [2.75, 3.05) is 0 Å².